The molecule has 0 saturated heterocycles. The smallest absolute Gasteiger partial charge is 0.257 e. The predicted molar refractivity (Wildman–Crippen MR) is 118 cm³/mol. The number of nitrogens with one attached hydrogen (secondary N) is 1. The fourth-order valence-electron chi connectivity index (χ4n) is 3.91. The normalized spacial score (nSPS) is 15.7. The van der Waals surface area contributed by atoms with Crippen LogP contribution in [0.3, 0.4) is 0 Å². The minimum absolute atomic E-state index is 0.0559. The summed E-state index contributed by atoms with van der Waals surface area (Å²) in [7, 11) is 0. The molecule has 4 heteroatoms. The summed E-state index contributed by atoms with van der Waals surface area (Å²) < 4.78 is 6.03. The van der Waals surface area contributed by atoms with Crippen LogP contribution >= 0.6 is 0 Å². The van der Waals surface area contributed by atoms with Gasteiger partial charge in [0.15, 0.2) is 0 Å². The van der Waals surface area contributed by atoms with E-state index >= 15 is 0 Å². The molecular weight excluding hydrogens is 360 g/mol. The van der Waals surface area contributed by atoms with Gasteiger partial charge in [-0.15, -0.1) is 0 Å². The van der Waals surface area contributed by atoms with Gasteiger partial charge in [-0.05, 0) is 35.4 Å². The van der Waals surface area contributed by atoms with Gasteiger partial charge in [0.25, 0.3) is 5.91 Å². The van der Waals surface area contributed by atoms with Gasteiger partial charge < -0.3 is 15.0 Å². The lowest BCUT2D eigenvalue weighted by molar-refractivity contribution is 0.0679. The van der Waals surface area contributed by atoms with Gasteiger partial charge in [0.2, 0.25) is 0 Å². The van der Waals surface area contributed by atoms with Gasteiger partial charge in [-0.1, -0.05) is 68.5 Å². The topological polar surface area (TPSA) is 41.6 Å². The molecule has 1 atom stereocenters. The second-order valence-corrected chi connectivity index (χ2v) is 7.24. The van der Waals surface area contributed by atoms with Gasteiger partial charge >= 0.3 is 0 Å². The molecule has 1 aliphatic rings. The molecule has 1 N–H and O–H groups in total. The van der Waals surface area contributed by atoms with E-state index in [1.807, 2.05) is 47.4 Å². The van der Waals surface area contributed by atoms with Crippen LogP contribution in [0.4, 0.5) is 5.69 Å². The van der Waals surface area contributed by atoms with Gasteiger partial charge in [0.05, 0.1) is 5.56 Å². The quantitative estimate of drug-likeness (QED) is 0.524. The van der Waals surface area contributed by atoms with Crippen LogP contribution in [0.5, 0.6) is 5.75 Å². The maximum absolute atomic E-state index is 13.4. The fourth-order valence-corrected chi connectivity index (χ4v) is 3.91. The average Bonchev–Trinajstić information content (AvgIpc) is 2.76. The number of benzene rings is 3. The van der Waals surface area contributed by atoms with Crippen LogP contribution in [-0.2, 0) is 0 Å². The van der Waals surface area contributed by atoms with Crippen LogP contribution in [0.2, 0.25) is 0 Å². The second kappa shape index (κ2) is 8.39. The van der Waals surface area contributed by atoms with E-state index in [4.69, 9.17) is 4.74 Å². The molecule has 1 amide bonds. The Balaban J connectivity index is 1.89. The highest BCUT2D eigenvalue weighted by atomic mass is 16.5. The molecule has 4 nitrogen and oxygen atoms in total. The Morgan fingerprint density at radius 1 is 1.10 bits per heavy atom. The molecule has 0 aromatic heterocycles. The van der Waals surface area contributed by atoms with Crippen LogP contribution in [-0.4, -0.2) is 24.0 Å². The predicted octanol–water partition coefficient (Wildman–Crippen LogP) is 5.77. The lowest BCUT2D eigenvalue weighted by Gasteiger charge is -2.39. The molecule has 0 spiro atoms. The zero-order valence-electron chi connectivity index (χ0n) is 16.7. The van der Waals surface area contributed by atoms with Crippen molar-refractivity contribution >= 4 is 22.4 Å². The van der Waals surface area contributed by atoms with Gasteiger partial charge in [-0.25, -0.2) is 0 Å². The average molecular weight is 386 g/mol. The van der Waals surface area contributed by atoms with Crippen molar-refractivity contribution in [3.8, 4) is 5.75 Å². The van der Waals surface area contributed by atoms with Gasteiger partial charge in [0.1, 0.15) is 18.5 Å². The number of hydrogen-bond donors (Lipinski definition) is 1. The zero-order chi connectivity index (χ0) is 20.2. The number of carbonyl (C=O) groups excluding carboxylic acids is 1. The molecule has 0 radical (unpaired) electrons. The molecule has 29 heavy (non-hydrogen) atoms. The van der Waals surface area contributed by atoms with Crippen LogP contribution in [0, 0.1) is 0 Å². The third-order valence-corrected chi connectivity index (χ3v) is 5.34. The first-order valence-electron chi connectivity index (χ1n) is 10.2. The number of rotatable bonds is 7. The summed E-state index contributed by atoms with van der Waals surface area (Å²) in [6.07, 6.45) is 3.41. The number of hydrogen-bond acceptors (Lipinski definition) is 3. The van der Waals surface area contributed by atoms with E-state index in [0.717, 1.165) is 40.6 Å². The van der Waals surface area contributed by atoms with Crippen molar-refractivity contribution < 1.29 is 9.53 Å². The summed E-state index contributed by atoms with van der Waals surface area (Å²) >= 11 is 0. The van der Waals surface area contributed by atoms with Crippen molar-refractivity contribution in [2.24, 2.45) is 0 Å². The van der Waals surface area contributed by atoms with Crippen molar-refractivity contribution in [2.75, 3.05) is 18.5 Å². The first-order chi connectivity index (χ1) is 14.2. The number of amides is 1. The van der Waals surface area contributed by atoms with E-state index in [-0.39, 0.29) is 12.1 Å². The number of unbranched alkanes of at least 4 members (excludes halogenated alkanes) is 1. The lowest BCUT2D eigenvalue weighted by atomic mass is 9.97. The fraction of sp³-hybridized carbons (Fsp3) is 0.240. The highest BCUT2D eigenvalue weighted by molar-refractivity contribution is 6.02. The number of fused-ring (bicyclic) bond motifs is 2. The first-order valence-corrected chi connectivity index (χ1v) is 10.2. The molecule has 0 fully saturated rings. The second-order valence-electron chi connectivity index (χ2n) is 7.24. The molecule has 4 rings (SSSR count). The summed E-state index contributed by atoms with van der Waals surface area (Å²) in [4.78, 5) is 15.3. The molecule has 0 aliphatic carbocycles. The van der Waals surface area contributed by atoms with E-state index in [1.54, 1.807) is 6.08 Å². The summed E-state index contributed by atoms with van der Waals surface area (Å²) in [5.41, 5.74) is 2.57. The summed E-state index contributed by atoms with van der Waals surface area (Å²) in [6, 6.07) is 20.0. The Morgan fingerprint density at radius 3 is 2.72 bits per heavy atom. The Labute approximate surface area is 171 Å². The van der Waals surface area contributed by atoms with Crippen molar-refractivity contribution in [1.82, 2.24) is 4.90 Å². The first kappa shape index (κ1) is 19.1. The molecule has 1 aliphatic heterocycles. The van der Waals surface area contributed by atoms with E-state index in [2.05, 4.69) is 37.0 Å². The molecule has 0 saturated carbocycles. The highest BCUT2D eigenvalue weighted by Crippen LogP contribution is 2.40. The lowest BCUT2D eigenvalue weighted by Crippen LogP contribution is -2.43. The largest absolute Gasteiger partial charge is 0.489 e. The van der Waals surface area contributed by atoms with E-state index in [1.165, 1.54) is 0 Å². The SMILES string of the molecule is C=CCOc1ccc2ccccc2c1C1Nc2ccccc2C(=O)N1CCCC. The van der Waals surface area contributed by atoms with Crippen LogP contribution in [0.15, 0.2) is 73.3 Å². The van der Waals surface area contributed by atoms with Gasteiger partial charge in [0, 0.05) is 17.8 Å². The van der Waals surface area contributed by atoms with Crippen molar-refractivity contribution in [2.45, 2.75) is 25.9 Å². The maximum Gasteiger partial charge on any atom is 0.257 e. The van der Waals surface area contributed by atoms with Gasteiger partial charge in [-0.3, -0.25) is 4.79 Å². The minimum Gasteiger partial charge on any atom is -0.489 e. The van der Waals surface area contributed by atoms with Crippen molar-refractivity contribution in [1.29, 1.82) is 0 Å². The highest BCUT2D eigenvalue weighted by Gasteiger charge is 2.34. The van der Waals surface area contributed by atoms with E-state index in [0.29, 0.717) is 18.7 Å². The number of anilines is 1. The molecule has 1 unspecified atom stereocenters. The Morgan fingerprint density at radius 2 is 1.90 bits per heavy atom. The molecule has 3 aromatic rings. The molecule has 148 valence electrons. The van der Waals surface area contributed by atoms with Crippen LogP contribution in [0.25, 0.3) is 10.8 Å². The Hall–Kier alpha value is -3.27. The number of para-hydroxylation sites is 1. The summed E-state index contributed by atoms with van der Waals surface area (Å²) in [5.74, 6) is 0.829. The van der Waals surface area contributed by atoms with Crippen LogP contribution < -0.4 is 10.1 Å². The zero-order valence-corrected chi connectivity index (χ0v) is 16.7. The molecular formula is C25H26N2O2. The number of nitrogens with zero attached hydrogens (tertiary/aromatic N) is 1. The minimum atomic E-state index is -0.296. The molecule has 3 aromatic carbocycles. The number of carbonyl (C=O) groups is 1. The third-order valence-electron chi connectivity index (χ3n) is 5.34. The molecule has 1 heterocycles. The van der Waals surface area contributed by atoms with Crippen LogP contribution in [0.1, 0.15) is 41.9 Å². The Kier molecular flexibility index (Phi) is 5.52. The standard InChI is InChI=1S/C25H26N2O2/c1-3-5-16-27-24(26-21-13-9-8-12-20(21)25(27)28)23-19-11-7-6-10-18(19)14-15-22(23)29-17-4-2/h4,6-15,24,26H,2-3,5,16-17H2,1H3. The maximum atomic E-state index is 13.4. The van der Waals surface area contributed by atoms with E-state index in [9.17, 15) is 4.79 Å². The van der Waals surface area contributed by atoms with Gasteiger partial charge in [-0.2, -0.15) is 0 Å². The van der Waals surface area contributed by atoms with Crippen molar-refractivity contribution in [3.05, 3.63) is 84.4 Å². The monoisotopic (exact) mass is 386 g/mol. The summed E-state index contributed by atoms with van der Waals surface area (Å²) in [6.45, 7) is 7.01. The summed E-state index contributed by atoms with van der Waals surface area (Å²) in [5, 5.41) is 5.82. The third kappa shape index (κ3) is 3.58. The van der Waals surface area contributed by atoms with E-state index < -0.39 is 0 Å². The Bertz CT molecular complexity index is 1040. The molecule has 0 bridgehead atoms. The van der Waals surface area contributed by atoms with Crippen molar-refractivity contribution in [3.63, 3.8) is 0 Å². The number of ether oxygens (including phenoxy) is 1.